The van der Waals surface area contributed by atoms with Crippen LogP contribution in [0.2, 0.25) is 0 Å². The van der Waals surface area contributed by atoms with Gasteiger partial charge in [0, 0.05) is 5.69 Å². The van der Waals surface area contributed by atoms with Crippen LogP contribution in [0, 0.1) is 25.2 Å². The summed E-state index contributed by atoms with van der Waals surface area (Å²) in [6.07, 6.45) is 2.02. The van der Waals surface area contributed by atoms with Crippen LogP contribution < -0.4 is 10.2 Å². The molecule has 1 fully saturated rings. The monoisotopic (exact) mass is 457 g/mol. The normalized spacial score (nSPS) is 17.1. The molecule has 1 aromatic heterocycles. The Morgan fingerprint density at radius 1 is 1.09 bits per heavy atom. The second kappa shape index (κ2) is 9.80. The van der Waals surface area contributed by atoms with Crippen LogP contribution in [-0.4, -0.2) is 17.1 Å². The van der Waals surface area contributed by atoms with E-state index in [4.69, 9.17) is 4.42 Å². The van der Waals surface area contributed by atoms with Gasteiger partial charge in [0.2, 0.25) is 5.91 Å². The van der Waals surface area contributed by atoms with E-state index in [1.165, 1.54) is 22.9 Å². The topological polar surface area (TPSA) is 86.3 Å². The van der Waals surface area contributed by atoms with E-state index >= 15 is 0 Å². The van der Waals surface area contributed by atoms with Gasteiger partial charge in [-0.1, -0.05) is 59.3 Å². The fraction of sp³-hybridized carbons (Fsp3) is 0.192. The second-order valence-corrected chi connectivity index (χ2v) is 9.05. The number of hydrogen-bond acceptors (Lipinski definition) is 5. The molecular weight excluding hydrogens is 434 g/mol. The first-order valence-electron chi connectivity index (χ1n) is 10.5. The van der Waals surface area contributed by atoms with Crippen LogP contribution in [0.3, 0.4) is 0 Å². The largest absolute Gasteiger partial charge is 0.467 e. The molecule has 1 atom stereocenters. The summed E-state index contributed by atoms with van der Waals surface area (Å²) in [6, 6.07) is 21.0. The summed E-state index contributed by atoms with van der Waals surface area (Å²) in [4.78, 5) is 27.9. The lowest BCUT2D eigenvalue weighted by atomic mass is 10.1. The smallest absolute Gasteiger partial charge is 0.265 e. The van der Waals surface area contributed by atoms with Crippen molar-refractivity contribution in [3.63, 3.8) is 0 Å². The van der Waals surface area contributed by atoms with Crippen LogP contribution >= 0.6 is 11.8 Å². The van der Waals surface area contributed by atoms with E-state index in [1.807, 2.05) is 68.4 Å². The highest BCUT2D eigenvalue weighted by atomic mass is 32.2. The maximum absolute atomic E-state index is 13.5. The van der Waals surface area contributed by atoms with Crippen molar-refractivity contribution in [1.82, 2.24) is 5.32 Å². The molecule has 6 nitrogen and oxygen atoms in total. The summed E-state index contributed by atoms with van der Waals surface area (Å²) in [5.41, 5.74) is 3.76. The summed E-state index contributed by atoms with van der Waals surface area (Å²) in [6.45, 7) is 4.13. The molecule has 1 N–H and O–H groups in total. The van der Waals surface area contributed by atoms with Gasteiger partial charge in [0.25, 0.3) is 5.91 Å². The van der Waals surface area contributed by atoms with Crippen molar-refractivity contribution in [2.24, 2.45) is 0 Å². The first kappa shape index (κ1) is 22.4. The van der Waals surface area contributed by atoms with Gasteiger partial charge in [0.15, 0.2) is 0 Å². The number of furan rings is 1. The van der Waals surface area contributed by atoms with Crippen LogP contribution in [-0.2, 0) is 22.6 Å². The minimum Gasteiger partial charge on any atom is -0.467 e. The summed E-state index contributed by atoms with van der Waals surface area (Å²) >= 11 is 1.26. The fourth-order valence-electron chi connectivity index (χ4n) is 3.52. The van der Waals surface area contributed by atoms with Gasteiger partial charge in [-0.3, -0.25) is 14.5 Å². The van der Waals surface area contributed by atoms with Crippen molar-refractivity contribution < 1.29 is 14.0 Å². The maximum atomic E-state index is 13.5. The van der Waals surface area contributed by atoms with E-state index in [0.29, 0.717) is 22.9 Å². The molecule has 1 aliphatic heterocycles. The first-order valence-corrected chi connectivity index (χ1v) is 11.4. The number of anilines is 1. The number of aryl methyl sites for hydroxylation is 2. The minimum absolute atomic E-state index is 0.0908. The summed E-state index contributed by atoms with van der Waals surface area (Å²) < 4.78 is 5.25. The molecule has 3 aromatic rings. The van der Waals surface area contributed by atoms with Crippen molar-refractivity contribution >= 4 is 29.3 Å². The van der Waals surface area contributed by atoms with Gasteiger partial charge in [0.1, 0.15) is 22.4 Å². The molecule has 166 valence electrons. The van der Waals surface area contributed by atoms with Crippen LogP contribution in [0.25, 0.3) is 0 Å². The Morgan fingerprint density at radius 3 is 2.36 bits per heavy atom. The van der Waals surface area contributed by atoms with Crippen molar-refractivity contribution in [1.29, 1.82) is 5.26 Å². The molecule has 0 radical (unpaired) electrons. The SMILES string of the molecule is Cc1ccc(C[C@H]2S/C(=C(/C#N)C(=O)NCc3ccco3)N(c3ccc(C)cc3)C2=O)cc1. The molecule has 2 aromatic carbocycles. The molecule has 2 heterocycles. The molecule has 7 heteroatoms. The van der Waals surface area contributed by atoms with E-state index in [9.17, 15) is 14.9 Å². The standard InChI is InChI=1S/C26H23N3O3S/c1-17-5-9-19(10-6-17)14-23-25(31)29(20-11-7-18(2)8-12-20)26(33-23)22(15-27)24(30)28-16-21-4-3-13-32-21/h3-13,23H,14,16H2,1-2H3,(H,28,30)/b26-22-/t23-/m1/s1. The van der Waals surface area contributed by atoms with Crippen LogP contribution in [0.4, 0.5) is 5.69 Å². The molecular formula is C26H23N3O3S. The molecule has 0 spiro atoms. The number of nitrogens with zero attached hydrogens (tertiary/aromatic N) is 2. The Labute approximate surface area is 196 Å². The Hall–Kier alpha value is -3.76. The number of amides is 2. The summed E-state index contributed by atoms with van der Waals surface area (Å²) in [7, 11) is 0. The maximum Gasteiger partial charge on any atom is 0.265 e. The lowest BCUT2D eigenvalue weighted by Gasteiger charge is -2.19. The van der Waals surface area contributed by atoms with Gasteiger partial charge < -0.3 is 9.73 Å². The molecule has 0 saturated carbocycles. The third kappa shape index (κ3) is 5.02. The average molecular weight is 458 g/mol. The number of nitriles is 1. The molecule has 1 aliphatic rings. The zero-order valence-electron chi connectivity index (χ0n) is 18.4. The number of nitrogens with one attached hydrogen (secondary N) is 1. The quantitative estimate of drug-likeness (QED) is 0.431. The van der Waals surface area contributed by atoms with Crippen LogP contribution in [0.15, 0.2) is 81.9 Å². The highest BCUT2D eigenvalue weighted by Crippen LogP contribution is 2.42. The number of hydrogen-bond donors (Lipinski definition) is 1. The Bertz CT molecular complexity index is 1220. The van der Waals surface area contributed by atoms with Gasteiger partial charge in [0.05, 0.1) is 18.1 Å². The highest BCUT2D eigenvalue weighted by molar-refractivity contribution is 8.05. The lowest BCUT2D eigenvalue weighted by Crippen LogP contribution is -2.32. The van der Waals surface area contributed by atoms with Gasteiger partial charge in [-0.15, -0.1) is 0 Å². The summed E-state index contributed by atoms with van der Waals surface area (Å²) in [5.74, 6) is -0.114. The average Bonchev–Trinajstić information content (AvgIpc) is 3.44. The predicted molar refractivity (Wildman–Crippen MR) is 128 cm³/mol. The van der Waals surface area contributed by atoms with Crippen LogP contribution in [0.5, 0.6) is 0 Å². The van der Waals surface area contributed by atoms with E-state index in [-0.39, 0.29) is 18.0 Å². The third-order valence-corrected chi connectivity index (χ3v) is 6.61. The zero-order valence-corrected chi connectivity index (χ0v) is 19.2. The Morgan fingerprint density at radius 2 is 1.76 bits per heavy atom. The van der Waals surface area contributed by atoms with Crippen molar-refractivity contribution in [3.8, 4) is 6.07 Å². The Kier molecular flexibility index (Phi) is 6.66. The Balaban J connectivity index is 1.67. The van der Waals surface area contributed by atoms with E-state index in [2.05, 4.69) is 5.32 Å². The van der Waals surface area contributed by atoms with E-state index < -0.39 is 11.2 Å². The highest BCUT2D eigenvalue weighted by Gasteiger charge is 2.40. The van der Waals surface area contributed by atoms with Gasteiger partial charge >= 0.3 is 0 Å². The minimum atomic E-state index is -0.544. The number of carbonyl (C=O) groups excluding carboxylic acids is 2. The van der Waals surface area contributed by atoms with Crippen molar-refractivity contribution in [2.45, 2.75) is 32.1 Å². The number of carbonyl (C=O) groups is 2. The van der Waals surface area contributed by atoms with Gasteiger partial charge in [-0.25, -0.2) is 0 Å². The number of thioether (sulfide) groups is 1. The van der Waals surface area contributed by atoms with E-state index in [1.54, 1.807) is 12.1 Å². The molecule has 1 saturated heterocycles. The van der Waals surface area contributed by atoms with Crippen molar-refractivity contribution in [2.75, 3.05) is 4.90 Å². The second-order valence-electron chi connectivity index (χ2n) is 7.86. The lowest BCUT2D eigenvalue weighted by molar-refractivity contribution is -0.117. The molecule has 4 rings (SSSR count). The molecule has 33 heavy (non-hydrogen) atoms. The fourth-order valence-corrected chi connectivity index (χ4v) is 4.83. The molecule has 0 unspecified atom stereocenters. The molecule has 0 bridgehead atoms. The zero-order chi connectivity index (χ0) is 23.4. The number of benzene rings is 2. The van der Waals surface area contributed by atoms with Gasteiger partial charge in [-0.05, 0) is 50.1 Å². The van der Waals surface area contributed by atoms with Crippen LogP contribution in [0.1, 0.15) is 22.5 Å². The third-order valence-electron chi connectivity index (χ3n) is 5.34. The number of rotatable bonds is 6. The van der Waals surface area contributed by atoms with E-state index in [0.717, 1.165) is 16.7 Å². The first-order chi connectivity index (χ1) is 16.0. The molecule has 2 amide bonds. The summed E-state index contributed by atoms with van der Waals surface area (Å²) in [5, 5.41) is 12.5. The van der Waals surface area contributed by atoms with Gasteiger partial charge in [-0.2, -0.15) is 5.26 Å². The molecule has 0 aliphatic carbocycles. The van der Waals surface area contributed by atoms with Crippen molar-refractivity contribution in [3.05, 3.63) is 100.0 Å². The predicted octanol–water partition coefficient (Wildman–Crippen LogP) is 4.64.